The monoisotopic (exact) mass is 446 g/mol. The van der Waals surface area contributed by atoms with Gasteiger partial charge in [0.15, 0.2) is 5.78 Å². The molecule has 0 spiro atoms. The molecule has 0 N–H and O–H groups in total. The minimum Gasteiger partial charge on any atom is -0.289 e. The average molecular weight is 447 g/mol. The van der Waals surface area contributed by atoms with Crippen LogP contribution in [-0.4, -0.2) is 15.6 Å². The molecule has 0 amide bonds. The van der Waals surface area contributed by atoms with Gasteiger partial charge in [-0.05, 0) is 60.7 Å². The molecular formula is C24H16BrFN2O. The Hall–Kier alpha value is -3.31. The summed E-state index contributed by atoms with van der Waals surface area (Å²) in [5.74, 6) is -0.565. The van der Waals surface area contributed by atoms with Crippen LogP contribution in [-0.2, 0) is 0 Å². The van der Waals surface area contributed by atoms with E-state index in [1.54, 1.807) is 10.8 Å². The topological polar surface area (TPSA) is 34.9 Å². The number of rotatable bonds is 5. The summed E-state index contributed by atoms with van der Waals surface area (Å²) >= 11 is 3.50. The number of allylic oxidation sites excluding steroid dienone is 1. The predicted octanol–water partition coefficient (Wildman–Crippen LogP) is 6.34. The summed E-state index contributed by atoms with van der Waals surface area (Å²) in [7, 11) is 0. The highest BCUT2D eigenvalue weighted by molar-refractivity contribution is 9.10. The number of aromatic nitrogens is 2. The van der Waals surface area contributed by atoms with Gasteiger partial charge in [0.2, 0.25) is 0 Å². The van der Waals surface area contributed by atoms with Crippen LogP contribution < -0.4 is 0 Å². The summed E-state index contributed by atoms with van der Waals surface area (Å²) in [6.45, 7) is 0. The first-order valence-electron chi connectivity index (χ1n) is 8.99. The van der Waals surface area contributed by atoms with E-state index in [9.17, 15) is 9.18 Å². The second kappa shape index (κ2) is 8.37. The molecule has 0 radical (unpaired) electrons. The highest BCUT2D eigenvalue weighted by atomic mass is 79.9. The van der Waals surface area contributed by atoms with Crippen molar-refractivity contribution in [1.29, 1.82) is 0 Å². The lowest BCUT2D eigenvalue weighted by atomic mass is 10.1. The molecule has 0 fully saturated rings. The van der Waals surface area contributed by atoms with Crippen molar-refractivity contribution < 1.29 is 9.18 Å². The summed E-state index contributed by atoms with van der Waals surface area (Å²) in [5, 5.41) is 4.74. The molecule has 0 saturated heterocycles. The van der Waals surface area contributed by atoms with E-state index in [-0.39, 0.29) is 11.6 Å². The van der Waals surface area contributed by atoms with Crippen LogP contribution in [0.5, 0.6) is 0 Å². The van der Waals surface area contributed by atoms with Gasteiger partial charge in [-0.25, -0.2) is 9.07 Å². The molecule has 3 aromatic carbocycles. The lowest BCUT2D eigenvalue weighted by Gasteiger charge is -2.01. The molecule has 4 aromatic rings. The Balaban J connectivity index is 1.73. The van der Waals surface area contributed by atoms with E-state index < -0.39 is 0 Å². The summed E-state index contributed by atoms with van der Waals surface area (Å²) in [4.78, 5) is 12.5. The number of hydrogen-bond acceptors (Lipinski definition) is 2. The van der Waals surface area contributed by atoms with E-state index in [1.807, 2.05) is 60.8 Å². The largest absolute Gasteiger partial charge is 0.289 e. The normalized spacial score (nSPS) is 11.1. The Morgan fingerprint density at radius 3 is 2.45 bits per heavy atom. The van der Waals surface area contributed by atoms with Crippen molar-refractivity contribution in [1.82, 2.24) is 9.78 Å². The van der Waals surface area contributed by atoms with E-state index in [0.29, 0.717) is 5.56 Å². The third-order valence-corrected chi connectivity index (χ3v) is 4.90. The summed E-state index contributed by atoms with van der Waals surface area (Å²) in [5.41, 5.74) is 3.86. The van der Waals surface area contributed by atoms with E-state index in [4.69, 9.17) is 5.10 Å². The van der Waals surface area contributed by atoms with Crippen molar-refractivity contribution in [2.75, 3.05) is 0 Å². The van der Waals surface area contributed by atoms with Crippen molar-refractivity contribution in [2.24, 2.45) is 0 Å². The molecule has 3 nitrogen and oxygen atoms in total. The molecule has 0 aliphatic rings. The van der Waals surface area contributed by atoms with Crippen molar-refractivity contribution in [3.05, 3.63) is 113 Å². The van der Waals surface area contributed by atoms with Crippen LogP contribution in [0, 0.1) is 5.82 Å². The van der Waals surface area contributed by atoms with Gasteiger partial charge in [-0.15, -0.1) is 0 Å². The second-order valence-corrected chi connectivity index (χ2v) is 7.34. The van der Waals surface area contributed by atoms with Gasteiger partial charge < -0.3 is 0 Å². The molecule has 0 atom stereocenters. The van der Waals surface area contributed by atoms with Gasteiger partial charge in [-0.3, -0.25) is 4.79 Å². The first-order chi connectivity index (χ1) is 14.1. The second-order valence-electron chi connectivity index (χ2n) is 6.43. The van der Waals surface area contributed by atoms with Crippen LogP contribution in [0.3, 0.4) is 0 Å². The molecule has 1 heterocycles. The minimum atomic E-state index is -0.369. The SMILES string of the molecule is O=C(C=Cc1cn(-c2ccccc2)nc1-c1cccc(Br)c1)c1ccc(F)cc1. The number of benzene rings is 3. The maximum atomic E-state index is 13.1. The zero-order chi connectivity index (χ0) is 20.2. The molecule has 29 heavy (non-hydrogen) atoms. The summed E-state index contributed by atoms with van der Waals surface area (Å²) < 4.78 is 15.8. The Morgan fingerprint density at radius 2 is 1.72 bits per heavy atom. The lowest BCUT2D eigenvalue weighted by Crippen LogP contribution is -1.93. The van der Waals surface area contributed by atoms with Gasteiger partial charge in [-0.1, -0.05) is 46.3 Å². The maximum Gasteiger partial charge on any atom is 0.185 e. The van der Waals surface area contributed by atoms with E-state index in [1.165, 1.54) is 30.3 Å². The van der Waals surface area contributed by atoms with Crippen LogP contribution in [0.15, 0.2) is 95.6 Å². The summed E-state index contributed by atoms with van der Waals surface area (Å²) in [6.07, 6.45) is 5.12. The fraction of sp³-hybridized carbons (Fsp3) is 0. The molecule has 0 bridgehead atoms. The molecule has 142 valence electrons. The number of carbonyl (C=O) groups excluding carboxylic acids is 1. The first kappa shape index (κ1) is 19.0. The molecule has 5 heteroatoms. The van der Waals surface area contributed by atoms with E-state index in [2.05, 4.69) is 15.9 Å². The van der Waals surface area contributed by atoms with E-state index in [0.717, 1.165) is 27.0 Å². The van der Waals surface area contributed by atoms with Crippen molar-refractivity contribution in [3.8, 4) is 16.9 Å². The molecular weight excluding hydrogens is 431 g/mol. The Bertz CT molecular complexity index is 1180. The van der Waals surface area contributed by atoms with Crippen LogP contribution in [0.25, 0.3) is 23.0 Å². The zero-order valence-corrected chi connectivity index (χ0v) is 16.9. The molecule has 0 aliphatic heterocycles. The number of nitrogens with zero attached hydrogens (tertiary/aromatic N) is 2. The van der Waals surface area contributed by atoms with Gasteiger partial charge in [0.05, 0.1) is 11.4 Å². The third kappa shape index (κ3) is 4.41. The molecule has 4 rings (SSSR count). The third-order valence-electron chi connectivity index (χ3n) is 4.40. The Kier molecular flexibility index (Phi) is 5.49. The maximum absolute atomic E-state index is 13.1. The smallest absolute Gasteiger partial charge is 0.185 e. The zero-order valence-electron chi connectivity index (χ0n) is 15.3. The van der Waals surface area contributed by atoms with Crippen molar-refractivity contribution in [2.45, 2.75) is 0 Å². The number of ketones is 1. The van der Waals surface area contributed by atoms with Crippen molar-refractivity contribution in [3.63, 3.8) is 0 Å². The van der Waals surface area contributed by atoms with Crippen molar-refractivity contribution >= 4 is 27.8 Å². The average Bonchev–Trinajstić information content (AvgIpc) is 3.17. The molecule has 1 aromatic heterocycles. The van der Waals surface area contributed by atoms with Crippen LogP contribution in [0.4, 0.5) is 4.39 Å². The fourth-order valence-corrected chi connectivity index (χ4v) is 3.36. The highest BCUT2D eigenvalue weighted by Crippen LogP contribution is 2.27. The first-order valence-corrected chi connectivity index (χ1v) is 9.78. The number of hydrogen-bond donors (Lipinski definition) is 0. The standard InChI is InChI=1S/C24H16BrFN2O/c25-20-6-4-5-18(15-20)24-19(16-28(27-24)22-7-2-1-3-8-22)11-14-23(29)17-9-12-21(26)13-10-17/h1-16H. The highest BCUT2D eigenvalue weighted by Gasteiger charge is 2.12. The molecule has 0 saturated carbocycles. The van der Waals surface area contributed by atoms with Gasteiger partial charge in [0.25, 0.3) is 0 Å². The summed E-state index contributed by atoms with van der Waals surface area (Å²) in [6, 6.07) is 23.1. The van der Waals surface area contributed by atoms with Crippen LogP contribution in [0.1, 0.15) is 15.9 Å². The number of para-hydroxylation sites is 1. The van der Waals surface area contributed by atoms with Crippen LogP contribution in [0.2, 0.25) is 0 Å². The predicted molar refractivity (Wildman–Crippen MR) is 116 cm³/mol. The van der Waals surface area contributed by atoms with Gasteiger partial charge in [-0.2, -0.15) is 5.10 Å². The van der Waals surface area contributed by atoms with Gasteiger partial charge >= 0.3 is 0 Å². The molecule has 0 aliphatic carbocycles. The Labute approximate surface area is 176 Å². The van der Waals surface area contributed by atoms with Gasteiger partial charge in [0.1, 0.15) is 5.82 Å². The van der Waals surface area contributed by atoms with Crippen LogP contribution >= 0.6 is 15.9 Å². The lowest BCUT2D eigenvalue weighted by molar-refractivity contribution is 0.104. The number of halogens is 2. The fourth-order valence-electron chi connectivity index (χ4n) is 2.96. The quantitative estimate of drug-likeness (QED) is 0.265. The molecule has 0 unspecified atom stereocenters. The minimum absolute atomic E-state index is 0.197. The van der Waals surface area contributed by atoms with Gasteiger partial charge in [0, 0.05) is 27.4 Å². The van der Waals surface area contributed by atoms with E-state index >= 15 is 0 Å². The Morgan fingerprint density at radius 1 is 0.966 bits per heavy atom. The number of carbonyl (C=O) groups is 1.